The molecule has 0 atom stereocenters. The lowest BCUT2D eigenvalue weighted by Crippen LogP contribution is -1.96. The van der Waals surface area contributed by atoms with Gasteiger partial charge in [0.25, 0.3) is 10.1 Å². The Morgan fingerprint density at radius 3 is 1.64 bits per heavy atom. The predicted molar refractivity (Wildman–Crippen MR) is 43.4 cm³/mol. The van der Waals surface area contributed by atoms with Crippen LogP contribution < -0.4 is 0 Å². The van der Waals surface area contributed by atoms with Crippen LogP contribution in [-0.4, -0.2) is 19.6 Å². The first-order valence-corrected chi connectivity index (χ1v) is 4.73. The van der Waals surface area contributed by atoms with Gasteiger partial charge >= 0.3 is 6.68 Å². The third kappa shape index (κ3) is 6.44. The predicted octanol–water partition coefficient (Wildman–Crippen LogP) is 2.11. The molecule has 0 bridgehead atoms. The lowest BCUT2D eigenvalue weighted by Gasteiger charge is -1.92. The smallest absolute Gasteiger partial charge is 0.282 e. The van der Waals surface area contributed by atoms with Gasteiger partial charge in [-0.25, -0.2) is 0 Å². The highest BCUT2D eigenvalue weighted by Gasteiger charge is 2.05. The molecule has 0 radical (unpaired) electrons. The molecular weight excluding hydrogens is 221 g/mol. The molecule has 0 saturated heterocycles. The van der Waals surface area contributed by atoms with Crippen LogP contribution in [0.25, 0.3) is 0 Å². The minimum absolute atomic E-state index is 0.0741. The van der Waals surface area contributed by atoms with Crippen molar-refractivity contribution in [1.82, 2.24) is 0 Å². The molecular formula is C7H7F3O3S. The van der Waals surface area contributed by atoms with E-state index in [2.05, 4.69) is 0 Å². The van der Waals surface area contributed by atoms with E-state index in [0.717, 1.165) is 0 Å². The van der Waals surface area contributed by atoms with Gasteiger partial charge in [-0.2, -0.15) is 21.6 Å². The van der Waals surface area contributed by atoms with E-state index < -0.39 is 16.8 Å². The lowest BCUT2D eigenvalue weighted by atomic mass is 10.4. The summed E-state index contributed by atoms with van der Waals surface area (Å²) in [5, 5.41) is 0. The monoisotopic (exact) mass is 228 g/mol. The third-order valence-electron chi connectivity index (χ3n) is 1.04. The second kappa shape index (κ2) is 5.61. The van der Waals surface area contributed by atoms with Crippen molar-refractivity contribution in [2.24, 2.45) is 0 Å². The summed E-state index contributed by atoms with van der Waals surface area (Å²) in [6.07, 6.45) is 0. The topological polar surface area (TPSA) is 54.4 Å². The molecule has 0 aromatic heterocycles. The van der Waals surface area contributed by atoms with E-state index >= 15 is 0 Å². The second-order valence-electron chi connectivity index (χ2n) is 2.04. The van der Waals surface area contributed by atoms with E-state index in [1.807, 2.05) is 0 Å². The zero-order chi connectivity index (χ0) is 11.2. The number of alkyl halides is 3. The second-order valence-corrected chi connectivity index (χ2v) is 3.46. The van der Waals surface area contributed by atoms with Crippen LogP contribution >= 0.6 is 0 Å². The van der Waals surface area contributed by atoms with Crippen LogP contribution in [0.15, 0.2) is 35.2 Å². The van der Waals surface area contributed by atoms with Gasteiger partial charge in [-0.15, -0.1) is 0 Å². The summed E-state index contributed by atoms with van der Waals surface area (Å²) in [7, 11) is -4.00. The summed E-state index contributed by atoms with van der Waals surface area (Å²) in [6, 6.07) is 7.42. The van der Waals surface area contributed by atoms with E-state index in [-0.39, 0.29) is 4.90 Å². The average molecular weight is 228 g/mol. The van der Waals surface area contributed by atoms with Gasteiger partial charge in [0.2, 0.25) is 0 Å². The Labute approximate surface area is 78.9 Å². The molecule has 1 N–H and O–H groups in total. The molecule has 0 aliphatic rings. The SMILES string of the molecule is FC(F)F.O=S(=O)(O)c1ccccc1. The molecule has 3 nitrogen and oxygen atoms in total. The van der Waals surface area contributed by atoms with Gasteiger partial charge in [-0.1, -0.05) is 18.2 Å². The quantitative estimate of drug-likeness (QED) is 0.749. The molecule has 0 heterocycles. The van der Waals surface area contributed by atoms with Crippen molar-refractivity contribution in [3.8, 4) is 0 Å². The van der Waals surface area contributed by atoms with E-state index in [0.29, 0.717) is 0 Å². The molecule has 1 aromatic rings. The standard InChI is InChI=1S/C6H6O3S.CHF3/c7-10(8,9)6-4-2-1-3-5-6;2-1(3)4/h1-5H,(H,7,8,9);1H. The normalized spacial score (nSPS) is 10.6. The first-order valence-electron chi connectivity index (χ1n) is 3.29. The Morgan fingerprint density at radius 2 is 1.43 bits per heavy atom. The lowest BCUT2D eigenvalue weighted by molar-refractivity contribution is 0.00819. The fourth-order valence-electron chi connectivity index (χ4n) is 0.592. The number of halogens is 3. The van der Waals surface area contributed by atoms with Crippen molar-refractivity contribution in [3.63, 3.8) is 0 Å². The van der Waals surface area contributed by atoms with Gasteiger partial charge in [-0.3, -0.25) is 4.55 Å². The van der Waals surface area contributed by atoms with Crippen molar-refractivity contribution in [2.45, 2.75) is 11.6 Å². The summed E-state index contributed by atoms with van der Waals surface area (Å²) in [4.78, 5) is -0.0741. The average Bonchev–Trinajstić information content (AvgIpc) is 2.03. The number of rotatable bonds is 1. The molecule has 0 fully saturated rings. The van der Waals surface area contributed by atoms with E-state index in [1.54, 1.807) is 18.2 Å². The summed E-state index contributed by atoms with van der Waals surface area (Å²) < 4.78 is 58.2. The maximum atomic E-state index is 10.4. The van der Waals surface area contributed by atoms with Crippen LogP contribution in [0.3, 0.4) is 0 Å². The minimum Gasteiger partial charge on any atom is -0.282 e. The number of hydrogen-bond acceptors (Lipinski definition) is 2. The first kappa shape index (κ1) is 12.9. The molecule has 0 aliphatic heterocycles. The van der Waals surface area contributed by atoms with E-state index in [4.69, 9.17) is 4.55 Å². The van der Waals surface area contributed by atoms with E-state index in [1.165, 1.54) is 12.1 Å². The Morgan fingerprint density at radius 1 is 1.07 bits per heavy atom. The summed E-state index contributed by atoms with van der Waals surface area (Å²) >= 11 is 0. The molecule has 1 rings (SSSR count). The van der Waals surface area contributed by atoms with Gasteiger partial charge in [0.05, 0.1) is 4.90 Å². The molecule has 0 spiro atoms. The molecule has 0 unspecified atom stereocenters. The van der Waals surface area contributed by atoms with Crippen LogP contribution in [0.5, 0.6) is 0 Å². The maximum absolute atomic E-state index is 10.4. The highest BCUT2D eigenvalue weighted by molar-refractivity contribution is 7.85. The van der Waals surface area contributed by atoms with Crippen molar-refractivity contribution in [3.05, 3.63) is 30.3 Å². The highest BCUT2D eigenvalue weighted by Crippen LogP contribution is 2.05. The Balaban J connectivity index is 0.000000364. The molecule has 0 saturated carbocycles. The number of benzene rings is 1. The maximum Gasteiger partial charge on any atom is 0.379 e. The van der Waals surface area contributed by atoms with Crippen LogP contribution in [0.2, 0.25) is 0 Å². The van der Waals surface area contributed by atoms with Crippen molar-refractivity contribution >= 4 is 10.1 Å². The van der Waals surface area contributed by atoms with Crippen LogP contribution in [-0.2, 0) is 10.1 Å². The van der Waals surface area contributed by atoms with Crippen LogP contribution in [0, 0.1) is 0 Å². The summed E-state index contributed by atoms with van der Waals surface area (Å²) in [5.41, 5.74) is 0. The Hall–Kier alpha value is -1.08. The molecule has 0 aliphatic carbocycles. The number of hydrogen-bond donors (Lipinski definition) is 1. The Bertz CT molecular complexity index is 347. The highest BCUT2D eigenvalue weighted by atomic mass is 32.2. The van der Waals surface area contributed by atoms with Gasteiger partial charge in [-0.05, 0) is 12.1 Å². The molecule has 14 heavy (non-hydrogen) atoms. The molecule has 80 valence electrons. The zero-order valence-corrected chi connectivity index (χ0v) is 7.59. The molecule has 1 aromatic carbocycles. The van der Waals surface area contributed by atoms with Crippen LogP contribution in [0.4, 0.5) is 13.2 Å². The molecule has 7 heteroatoms. The zero-order valence-electron chi connectivity index (χ0n) is 6.77. The van der Waals surface area contributed by atoms with Gasteiger partial charge in [0, 0.05) is 0 Å². The third-order valence-corrected chi connectivity index (χ3v) is 1.91. The van der Waals surface area contributed by atoms with E-state index in [9.17, 15) is 21.6 Å². The minimum atomic E-state index is -4.00. The fraction of sp³-hybridized carbons (Fsp3) is 0.143. The van der Waals surface area contributed by atoms with Gasteiger partial charge in [0.15, 0.2) is 0 Å². The first-order chi connectivity index (χ1) is 6.34. The fourth-order valence-corrected chi connectivity index (χ4v) is 1.09. The summed E-state index contributed by atoms with van der Waals surface area (Å²) in [5.74, 6) is 0. The summed E-state index contributed by atoms with van der Waals surface area (Å²) in [6.45, 7) is -3.67. The van der Waals surface area contributed by atoms with Gasteiger partial charge in [0.1, 0.15) is 0 Å². The van der Waals surface area contributed by atoms with Gasteiger partial charge < -0.3 is 0 Å². The largest absolute Gasteiger partial charge is 0.379 e. The van der Waals surface area contributed by atoms with Crippen molar-refractivity contribution in [1.29, 1.82) is 0 Å². The molecule has 0 amide bonds. The van der Waals surface area contributed by atoms with Crippen molar-refractivity contribution in [2.75, 3.05) is 0 Å². The Kier molecular flexibility index (Phi) is 5.18. The van der Waals surface area contributed by atoms with Crippen molar-refractivity contribution < 1.29 is 26.1 Å². The van der Waals surface area contributed by atoms with Crippen LogP contribution in [0.1, 0.15) is 0 Å².